The van der Waals surface area contributed by atoms with Crippen molar-refractivity contribution in [1.29, 1.82) is 0 Å². The second-order valence-corrected chi connectivity index (χ2v) is 4.81. The zero-order valence-electron chi connectivity index (χ0n) is 11.1. The molecule has 2 heterocycles. The molecule has 0 aliphatic heterocycles. The number of aryl methyl sites for hydroxylation is 2. The van der Waals surface area contributed by atoms with Gasteiger partial charge in [-0.25, -0.2) is 4.68 Å². The third kappa shape index (κ3) is 1.88. The van der Waals surface area contributed by atoms with Gasteiger partial charge in [0.2, 0.25) is 0 Å². The fourth-order valence-corrected chi connectivity index (χ4v) is 2.54. The van der Waals surface area contributed by atoms with E-state index in [2.05, 4.69) is 31.0 Å². The summed E-state index contributed by atoms with van der Waals surface area (Å²) < 4.78 is 3.72. The first-order valence-electron chi connectivity index (χ1n) is 5.99. The molecule has 0 amide bonds. The van der Waals surface area contributed by atoms with E-state index in [0.717, 1.165) is 23.5 Å². The van der Waals surface area contributed by atoms with E-state index in [0.29, 0.717) is 10.8 Å². The Labute approximate surface area is 112 Å². The van der Waals surface area contributed by atoms with Crippen LogP contribution in [-0.2, 0) is 6.54 Å². The van der Waals surface area contributed by atoms with Crippen molar-refractivity contribution >= 4 is 17.4 Å². The lowest BCUT2D eigenvalue weighted by Gasteiger charge is -2.15. The number of nitrogens with two attached hydrogens (primary N) is 1. The average Bonchev–Trinajstić information content (AvgIpc) is 2.80. The minimum absolute atomic E-state index is 0.0257. The lowest BCUT2D eigenvalue weighted by Crippen LogP contribution is -2.13. The Morgan fingerprint density at radius 2 is 2.11 bits per heavy atom. The monoisotopic (exact) mass is 267 g/mol. The van der Waals surface area contributed by atoms with Crippen LogP contribution in [-0.4, -0.2) is 19.6 Å². The van der Waals surface area contributed by atoms with Crippen molar-refractivity contribution in [3.63, 3.8) is 0 Å². The second-order valence-electron chi connectivity index (χ2n) is 4.40. The topological polar surface area (TPSA) is 61.7 Å². The van der Waals surface area contributed by atoms with E-state index in [4.69, 9.17) is 17.3 Å². The van der Waals surface area contributed by atoms with Gasteiger partial charge in [-0.1, -0.05) is 11.6 Å². The molecule has 2 rings (SSSR count). The molecule has 0 radical (unpaired) electrons. The van der Waals surface area contributed by atoms with Crippen LogP contribution < -0.4 is 5.73 Å². The fourth-order valence-electron chi connectivity index (χ4n) is 2.40. The van der Waals surface area contributed by atoms with Crippen LogP contribution in [0.1, 0.15) is 36.8 Å². The molecule has 0 aliphatic rings. The SMILES string of the molecule is CCn1nc(C)c(C(C)n2ncc(Cl)c2N)c1C. The number of anilines is 1. The molecule has 0 aliphatic carbocycles. The van der Waals surface area contributed by atoms with E-state index in [1.54, 1.807) is 10.9 Å². The molecule has 1 unspecified atom stereocenters. The van der Waals surface area contributed by atoms with Gasteiger partial charge in [-0.3, -0.25) is 4.68 Å². The van der Waals surface area contributed by atoms with Crippen LogP contribution in [0.15, 0.2) is 6.20 Å². The number of nitrogens with zero attached hydrogens (tertiary/aromatic N) is 4. The van der Waals surface area contributed by atoms with Crippen LogP contribution in [0.5, 0.6) is 0 Å². The number of nitrogen functional groups attached to an aromatic ring is 1. The summed E-state index contributed by atoms with van der Waals surface area (Å²) in [4.78, 5) is 0. The van der Waals surface area contributed by atoms with Gasteiger partial charge in [0.15, 0.2) is 0 Å². The lowest BCUT2D eigenvalue weighted by atomic mass is 10.1. The van der Waals surface area contributed by atoms with Crippen molar-refractivity contribution in [3.05, 3.63) is 28.2 Å². The highest BCUT2D eigenvalue weighted by atomic mass is 35.5. The second kappa shape index (κ2) is 4.65. The van der Waals surface area contributed by atoms with Gasteiger partial charge in [-0.15, -0.1) is 0 Å². The Bertz CT molecular complexity index is 569. The van der Waals surface area contributed by atoms with Crippen LogP contribution in [0, 0.1) is 13.8 Å². The Balaban J connectivity index is 2.49. The quantitative estimate of drug-likeness (QED) is 0.930. The Morgan fingerprint density at radius 3 is 2.56 bits per heavy atom. The highest BCUT2D eigenvalue weighted by molar-refractivity contribution is 6.32. The number of hydrogen-bond donors (Lipinski definition) is 1. The molecule has 0 fully saturated rings. The van der Waals surface area contributed by atoms with Gasteiger partial charge in [-0.2, -0.15) is 10.2 Å². The smallest absolute Gasteiger partial charge is 0.141 e. The summed E-state index contributed by atoms with van der Waals surface area (Å²) in [7, 11) is 0. The molecular formula is C12H18ClN5. The molecule has 0 saturated heterocycles. The van der Waals surface area contributed by atoms with Crippen molar-refractivity contribution in [1.82, 2.24) is 19.6 Å². The van der Waals surface area contributed by atoms with Crippen molar-refractivity contribution < 1.29 is 0 Å². The molecule has 2 aromatic heterocycles. The number of rotatable bonds is 3. The van der Waals surface area contributed by atoms with Gasteiger partial charge in [-0.05, 0) is 27.7 Å². The van der Waals surface area contributed by atoms with Crippen LogP contribution in [0.25, 0.3) is 0 Å². The summed E-state index contributed by atoms with van der Waals surface area (Å²) in [5.41, 5.74) is 9.23. The summed E-state index contributed by atoms with van der Waals surface area (Å²) in [5, 5.41) is 9.23. The van der Waals surface area contributed by atoms with E-state index in [1.807, 2.05) is 11.6 Å². The first kappa shape index (κ1) is 13.0. The molecule has 98 valence electrons. The number of aromatic nitrogens is 4. The van der Waals surface area contributed by atoms with Gasteiger partial charge >= 0.3 is 0 Å². The van der Waals surface area contributed by atoms with Gasteiger partial charge < -0.3 is 5.73 Å². The zero-order chi connectivity index (χ0) is 13.4. The van der Waals surface area contributed by atoms with Crippen molar-refractivity contribution in [2.75, 3.05) is 5.73 Å². The number of hydrogen-bond acceptors (Lipinski definition) is 3. The van der Waals surface area contributed by atoms with Crippen molar-refractivity contribution in [2.24, 2.45) is 0 Å². The fraction of sp³-hybridized carbons (Fsp3) is 0.500. The first-order chi connectivity index (χ1) is 8.47. The normalized spacial score (nSPS) is 12.9. The maximum atomic E-state index is 5.94. The standard InChI is InChI=1S/C12H18ClN5/c1-5-17-8(3)11(7(2)16-17)9(4)18-12(14)10(13)6-15-18/h6,9H,5,14H2,1-4H3. The molecule has 6 heteroatoms. The molecular weight excluding hydrogens is 250 g/mol. The molecule has 0 bridgehead atoms. The predicted molar refractivity (Wildman–Crippen MR) is 72.8 cm³/mol. The van der Waals surface area contributed by atoms with Crippen LogP contribution in [0.3, 0.4) is 0 Å². The van der Waals surface area contributed by atoms with Crippen LogP contribution in [0.2, 0.25) is 5.02 Å². The molecule has 0 saturated carbocycles. The molecule has 0 aromatic carbocycles. The lowest BCUT2D eigenvalue weighted by molar-refractivity contribution is 0.564. The van der Waals surface area contributed by atoms with Crippen molar-refractivity contribution in [2.45, 2.75) is 40.3 Å². The largest absolute Gasteiger partial charge is 0.383 e. The summed E-state index contributed by atoms with van der Waals surface area (Å²) >= 11 is 5.94. The molecule has 0 spiro atoms. The van der Waals surface area contributed by atoms with Crippen molar-refractivity contribution in [3.8, 4) is 0 Å². The Morgan fingerprint density at radius 1 is 1.44 bits per heavy atom. The van der Waals surface area contributed by atoms with E-state index >= 15 is 0 Å². The summed E-state index contributed by atoms with van der Waals surface area (Å²) in [6.45, 7) is 9.06. The molecule has 2 N–H and O–H groups in total. The Kier molecular flexibility index (Phi) is 3.34. The summed E-state index contributed by atoms with van der Waals surface area (Å²) in [6, 6.07) is 0.0257. The van der Waals surface area contributed by atoms with Crippen LogP contribution in [0.4, 0.5) is 5.82 Å². The van der Waals surface area contributed by atoms with Gasteiger partial charge in [0.1, 0.15) is 10.8 Å². The summed E-state index contributed by atoms with van der Waals surface area (Å²) in [6.07, 6.45) is 1.57. The highest BCUT2D eigenvalue weighted by Gasteiger charge is 2.21. The number of halogens is 1. The van der Waals surface area contributed by atoms with E-state index in [9.17, 15) is 0 Å². The highest BCUT2D eigenvalue weighted by Crippen LogP contribution is 2.29. The minimum Gasteiger partial charge on any atom is -0.383 e. The van der Waals surface area contributed by atoms with Gasteiger partial charge in [0, 0.05) is 17.8 Å². The third-order valence-corrected chi connectivity index (χ3v) is 3.60. The molecule has 18 heavy (non-hydrogen) atoms. The minimum atomic E-state index is 0.0257. The first-order valence-corrected chi connectivity index (χ1v) is 6.37. The molecule has 5 nitrogen and oxygen atoms in total. The third-order valence-electron chi connectivity index (χ3n) is 3.31. The van der Waals surface area contributed by atoms with Gasteiger partial charge in [0.25, 0.3) is 0 Å². The van der Waals surface area contributed by atoms with E-state index < -0.39 is 0 Å². The predicted octanol–water partition coefficient (Wildman–Crippen LogP) is 2.56. The maximum absolute atomic E-state index is 5.94. The van der Waals surface area contributed by atoms with E-state index in [1.165, 1.54) is 0 Å². The Hall–Kier alpha value is -1.49. The maximum Gasteiger partial charge on any atom is 0.141 e. The molecule has 1 atom stereocenters. The summed E-state index contributed by atoms with van der Waals surface area (Å²) in [5.74, 6) is 0.493. The zero-order valence-corrected chi connectivity index (χ0v) is 11.9. The van der Waals surface area contributed by atoms with Gasteiger partial charge in [0.05, 0.1) is 17.9 Å². The molecule has 2 aromatic rings. The average molecular weight is 268 g/mol. The van der Waals surface area contributed by atoms with Crippen LogP contribution >= 0.6 is 11.6 Å². The van der Waals surface area contributed by atoms with E-state index in [-0.39, 0.29) is 6.04 Å².